The maximum Gasteiger partial charge on any atom is 0.190 e. The number of rotatable bonds is 2. The van der Waals surface area contributed by atoms with Crippen molar-refractivity contribution in [3.63, 3.8) is 0 Å². The second-order valence-corrected chi connectivity index (χ2v) is 19.8. The predicted octanol–water partition coefficient (Wildman–Crippen LogP) is 14.2. The Labute approximate surface area is 466 Å². The second kappa shape index (κ2) is 26.6. The van der Waals surface area contributed by atoms with Gasteiger partial charge in [-0.15, -0.1) is 0 Å². The molecule has 0 saturated heterocycles. The van der Waals surface area contributed by atoms with Gasteiger partial charge in [0.15, 0.2) is 10.2 Å². The summed E-state index contributed by atoms with van der Waals surface area (Å²) in [5.41, 5.74) is 14.5. The van der Waals surface area contributed by atoms with Gasteiger partial charge < -0.3 is 0 Å². The average Bonchev–Trinajstić information content (AvgIpc) is 3.47. The number of hydrogen-bond donors (Lipinski definition) is 0. The first-order valence-electron chi connectivity index (χ1n) is 24.6. The van der Waals surface area contributed by atoms with Gasteiger partial charge in [-0.3, -0.25) is 9.59 Å². The predicted molar refractivity (Wildman–Crippen MR) is 319 cm³/mol. The minimum absolute atomic E-state index is 0.0632. The van der Waals surface area contributed by atoms with Crippen molar-refractivity contribution < 1.29 is 9.59 Å². The van der Waals surface area contributed by atoms with E-state index in [2.05, 4.69) is 94.7 Å². The maximum absolute atomic E-state index is 11.3. The highest BCUT2D eigenvalue weighted by molar-refractivity contribution is 8.13. The van der Waals surface area contributed by atoms with Crippen LogP contribution in [0.3, 0.4) is 0 Å². The summed E-state index contributed by atoms with van der Waals surface area (Å²) in [6, 6.07) is 70.8. The molecule has 2 nitrogen and oxygen atoms in total. The minimum Gasteiger partial charge on any atom is -0.287 e. The molecule has 9 aromatic carbocycles. The molecule has 0 radical (unpaired) electrons. The van der Waals surface area contributed by atoms with Crippen molar-refractivity contribution in [3.8, 4) is 94.7 Å². The van der Waals surface area contributed by atoms with Crippen molar-refractivity contribution >= 4 is 33.8 Å². The van der Waals surface area contributed by atoms with Crippen LogP contribution in [0, 0.1) is 94.7 Å². The molecule has 0 heterocycles. The molecule has 0 fully saturated rings. The van der Waals surface area contributed by atoms with Gasteiger partial charge in [-0.05, 0) is 218 Å². The Morgan fingerprint density at radius 2 is 0.282 bits per heavy atom. The molecule has 0 bridgehead atoms. The van der Waals surface area contributed by atoms with Gasteiger partial charge in [0, 0.05) is 113 Å². The number of hydrogen-bond acceptors (Lipinski definition) is 4. The number of carbonyl (C=O) groups is 2. The second-order valence-electron chi connectivity index (χ2n) is 17.3. The van der Waals surface area contributed by atoms with Gasteiger partial charge in [0.2, 0.25) is 0 Å². The van der Waals surface area contributed by atoms with E-state index in [1.54, 1.807) is 13.8 Å². The highest BCUT2D eigenvalue weighted by Crippen LogP contribution is 2.20. The molecule has 0 aliphatic carbocycles. The van der Waals surface area contributed by atoms with E-state index in [0.717, 1.165) is 98.8 Å². The van der Waals surface area contributed by atoms with Crippen LogP contribution in [0.1, 0.15) is 103 Å². The average molecular weight is 1030 g/mol. The minimum atomic E-state index is 0.0632. The van der Waals surface area contributed by atoms with Crippen molar-refractivity contribution in [3.05, 3.63) is 307 Å². The molecule has 4 heteroatoms. The van der Waals surface area contributed by atoms with E-state index >= 15 is 0 Å². The zero-order valence-electron chi connectivity index (χ0n) is 42.4. The van der Waals surface area contributed by atoms with Crippen molar-refractivity contribution in [2.75, 3.05) is 0 Å². The summed E-state index contributed by atoms with van der Waals surface area (Å²) in [4.78, 5) is 24.4. The Morgan fingerprint density at radius 1 is 0.192 bits per heavy atom. The first-order valence-corrected chi connectivity index (χ1v) is 26.3. The molecular weight excluding hydrogens is 985 g/mol. The third-order valence-corrected chi connectivity index (χ3v) is 12.8. The zero-order chi connectivity index (χ0) is 53.7. The lowest BCUT2D eigenvalue weighted by molar-refractivity contribution is -0.109. The maximum atomic E-state index is 11.3. The highest BCUT2D eigenvalue weighted by atomic mass is 32.2. The van der Waals surface area contributed by atoms with Crippen molar-refractivity contribution in [1.29, 1.82) is 0 Å². The van der Waals surface area contributed by atoms with Crippen LogP contribution in [0.4, 0.5) is 0 Å². The lowest BCUT2D eigenvalue weighted by Gasteiger charge is -1.97. The fraction of sp³-hybridized carbons (Fsp3) is 0.0270. The number of thioether (sulfide) groups is 2. The Bertz CT molecular complexity index is 3910. The van der Waals surface area contributed by atoms with E-state index in [1.165, 1.54) is 23.5 Å². The van der Waals surface area contributed by atoms with E-state index in [0.29, 0.717) is 0 Å². The van der Waals surface area contributed by atoms with Crippen LogP contribution in [0.15, 0.2) is 228 Å². The zero-order valence-corrected chi connectivity index (χ0v) is 44.1. The number of benzene rings is 9. The van der Waals surface area contributed by atoms with Gasteiger partial charge >= 0.3 is 0 Å². The molecule has 78 heavy (non-hydrogen) atoms. The molecule has 0 saturated carbocycles. The van der Waals surface area contributed by atoms with Gasteiger partial charge in [0.25, 0.3) is 0 Å². The van der Waals surface area contributed by atoms with E-state index in [1.807, 2.05) is 218 Å². The van der Waals surface area contributed by atoms with Crippen LogP contribution >= 0.6 is 23.5 Å². The number of carbonyl (C=O) groups excluding carboxylic acids is 2. The summed E-state index contributed by atoms with van der Waals surface area (Å²) in [6.07, 6.45) is 0. The molecule has 9 aromatic rings. The largest absolute Gasteiger partial charge is 0.287 e. The fourth-order valence-electron chi connectivity index (χ4n) is 7.16. The lowest BCUT2D eigenvalue weighted by Crippen LogP contribution is -1.82. The van der Waals surface area contributed by atoms with Gasteiger partial charge in [-0.1, -0.05) is 118 Å². The first kappa shape index (κ1) is 52.4. The van der Waals surface area contributed by atoms with Gasteiger partial charge in [-0.2, -0.15) is 0 Å². The standard InChI is InChI=1S/C74H42O2S2/c1-55(75)77-73-51-47-71(48-52-73)45-43-69-39-35-67(36-40-69)33-31-65-27-23-63(24-28-65)21-19-61-15-11-59(12-16-61)9-7-57-3-5-58(6-4-57)8-10-60-13-17-62(18-14-60)20-22-64-25-29-66(30-26-64)32-34-68-37-41-70(42-38-68)44-46-72-49-53-74(54-50-72)78-56(2)76/h3-6,11-18,23-30,35-42,47-54H,1-2H3. The van der Waals surface area contributed by atoms with Gasteiger partial charge in [-0.25, -0.2) is 0 Å². The molecular formula is C74H42O2S2. The summed E-state index contributed by atoms with van der Waals surface area (Å²) in [5, 5.41) is 0.126. The molecule has 362 valence electrons. The SMILES string of the molecule is CC(=O)Sc1ccc(C#Cc2ccc(C#Cc3ccc(C#Cc4ccc(C#Cc5ccc(C#Cc6ccc(C#Cc7ccc(C#Cc8ccc(C#Cc9ccc(SC(C)=O)cc9)cc8)cc7)cc6)cc5)cc4)cc3)cc2)cc1. The lowest BCUT2D eigenvalue weighted by atomic mass is 10.1. The molecule has 0 amide bonds. The van der Waals surface area contributed by atoms with Crippen LogP contribution in [-0.4, -0.2) is 10.2 Å². The van der Waals surface area contributed by atoms with E-state index in [-0.39, 0.29) is 10.2 Å². The van der Waals surface area contributed by atoms with Crippen LogP contribution in [0.25, 0.3) is 0 Å². The topological polar surface area (TPSA) is 34.1 Å². The first-order chi connectivity index (χ1) is 38.2. The molecule has 0 aliphatic heterocycles. The fourth-order valence-corrected chi connectivity index (χ4v) is 8.37. The third-order valence-electron chi connectivity index (χ3n) is 11.2. The normalized spacial score (nSPS) is 9.56. The Morgan fingerprint density at radius 3 is 0.372 bits per heavy atom. The summed E-state index contributed by atoms with van der Waals surface area (Å²) in [6.45, 7) is 3.12. The molecule has 0 atom stereocenters. The summed E-state index contributed by atoms with van der Waals surface area (Å²) in [7, 11) is 0. The third kappa shape index (κ3) is 16.8. The van der Waals surface area contributed by atoms with Crippen molar-refractivity contribution in [2.45, 2.75) is 23.6 Å². The van der Waals surface area contributed by atoms with Crippen LogP contribution < -0.4 is 0 Å². The Hall–Kier alpha value is -10.5. The molecule has 0 aliphatic rings. The van der Waals surface area contributed by atoms with Crippen LogP contribution in [-0.2, 0) is 9.59 Å². The molecule has 0 spiro atoms. The van der Waals surface area contributed by atoms with E-state index < -0.39 is 0 Å². The highest BCUT2D eigenvalue weighted by Gasteiger charge is 2.01. The van der Waals surface area contributed by atoms with Crippen molar-refractivity contribution in [2.24, 2.45) is 0 Å². The summed E-state index contributed by atoms with van der Waals surface area (Å²) in [5.74, 6) is 51.7. The smallest absolute Gasteiger partial charge is 0.190 e. The van der Waals surface area contributed by atoms with Gasteiger partial charge in [0.05, 0.1) is 0 Å². The molecule has 0 unspecified atom stereocenters. The Balaban J connectivity index is 0.707. The quantitative estimate of drug-likeness (QED) is 0.128. The van der Waals surface area contributed by atoms with E-state index in [9.17, 15) is 9.59 Å². The van der Waals surface area contributed by atoms with Crippen LogP contribution in [0.5, 0.6) is 0 Å². The van der Waals surface area contributed by atoms with Gasteiger partial charge in [0.1, 0.15) is 0 Å². The Kier molecular flexibility index (Phi) is 17.9. The van der Waals surface area contributed by atoms with E-state index in [4.69, 9.17) is 0 Å². The van der Waals surface area contributed by atoms with Crippen LogP contribution in [0.2, 0.25) is 0 Å². The monoisotopic (exact) mass is 1030 g/mol. The van der Waals surface area contributed by atoms with Crippen molar-refractivity contribution in [1.82, 2.24) is 0 Å². The molecule has 0 aromatic heterocycles. The molecule has 0 N–H and O–H groups in total. The molecule has 9 rings (SSSR count). The summed E-state index contributed by atoms with van der Waals surface area (Å²) >= 11 is 2.43. The summed E-state index contributed by atoms with van der Waals surface area (Å²) < 4.78 is 0.